The third kappa shape index (κ3) is 3.15. The number of nitrogens with one attached hydrogen (secondary N) is 2. The standard InChI is InChI=1S/C10H19N3O2/c14-9-5-8(6-9)12-10(15)7-13-3-1-11-2-4-13/h8-9,11,14H,1-7H2,(H,12,15). The minimum atomic E-state index is -0.200. The maximum Gasteiger partial charge on any atom is 0.234 e. The van der Waals surface area contributed by atoms with Gasteiger partial charge in [-0.2, -0.15) is 0 Å². The van der Waals surface area contributed by atoms with Crippen LogP contribution in [0.4, 0.5) is 0 Å². The van der Waals surface area contributed by atoms with E-state index < -0.39 is 0 Å². The molecule has 0 aromatic rings. The van der Waals surface area contributed by atoms with Crippen LogP contribution in [0.2, 0.25) is 0 Å². The number of carbonyl (C=O) groups excluding carboxylic acids is 1. The summed E-state index contributed by atoms with van der Waals surface area (Å²) in [5, 5.41) is 15.3. The fourth-order valence-electron chi connectivity index (χ4n) is 2.05. The summed E-state index contributed by atoms with van der Waals surface area (Å²) in [7, 11) is 0. The molecule has 1 heterocycles. The van der Waals surface area contributed by atoms with Gasteiger partial charge in [-0.3, -0.25) is 9.69 Å². The highest BCUT2D eigenvalue weighted by Gasteiger charge is 2.28. The van der Waals surface area contributed by atoms with E-state index in [0.717, 1.165) is 26.2 Å². The van der Waals surface area contributed by atoms with E-state index in [1.807, 2.05) is 0 Å². The highest BCUT2D eigenvalue weighted by atomic mass is 16.3. The third-order valence-corrected chi connectivity index (χ3v) is 3.06. The van der Waals surface area contributed by atoms with Gasteiger partial charge in [0.2, 0.25) is 5.91 Å². The lowest BCUT2D eigenvalue weighted by Gasteiger charge is -2.33. The molecule has 5 nitrogen and oxygen atoms in total. The second kappa shape index (κ2) is 4.92. The van der Waals surface area contributed by atoms with Crippen molar-refractivity contribution < 1.29 is 9.90 Å². The minimum absolute atomic E-state index is 0.0915. The number of hydrogen-bond donors (Lipinski definition) is 3. The van der Waals surface area contributed by atoms with Crippen LogP contribution < -0.4 is 10.6 Å². The van der Waals surface area contributed by atoms with Crippen LogP contribution in [-0.4, -0.2) is 60.8 Å². The summed E-state index contributed by atoms with van der Waals surface area (Å²) >= 11 is 0. The summed E-state index contributed by atoms with van der Waals surface area (Å²) in [5.74, 6) is 0.0915. The predicted octanol–water partition coefficient (Wildman–Crippen LogP) is -1.47. The Bertz CT molecular complexity index is 223. The van der Waals surface area contributed by atoms with Gasteiger partial charge in [0.05, 0.1) is 12.6 Å². The van der Waals surface area contributed by atoms with Gasteiger partial charge in [-0.15, -0.1) is 0 Å². The molecule has 2 fully saturated rings. The number of carbonyl (C=O) groups is 1. The lowest BCUT2D eigenvalue weighted by atomic mass is 9.89. The average Bonchev–Trinajstić information content (AvgIpc) is 2.17. The number of amides is 1. The molecule has 15 heavy (non-hydrogen) atoms. The molecule has 1 aliphatic heterocycles. The highest BCUT2D eigenvalue weighted by molar-refractivity contribution is 5.78. The molecule has 0 spiro atoms. The Balaban J connectivity index is 1.63. The molecule has 0 aromatic heterocycles. The van der Waals surface area contributed by atoms with E-state index >= 15 is 0 Å². The summed E-state index contributed by atoms with van der Waals surface area (Å²) in [6.45, 7) is 4.32. The van der Waals surface area contributed by atoms with Gasteiger partial charge in [0.1, 0.15) is 0 Å². The fourth-order valence-corrected chi connectivity index (χ4v) is 2.05. The molecular weight excluding hydrogens is 194 g/mol. The van der Waals surface area contributed by atoms with Crippen molar-refractivity contribution in [1.82, 2.24) is 15.5 Å². The van der Waals surface area contributed by atoms with Crippen molar-refractivity contribution in [2.75, 3.05) is 32.7 Å². The molecule has 2 rings (SSSR count). The summed E-state index contributed by atoms with van der Waals surface area (Å²) in [6, 6.07) is 0.204. The van der Waals surface area contributed by atoms with Gasteiger partial charge in [-0.1, -0.05) is 0 Å². The van der Waals surface area contributed by atoms with E-state index in [1.165, 1.54) is 0 Å². The molecule has 0 unspecified atom stereocenters. The van der Waals surface area contributed by atoms with Crippen LogP contribution in [0, 0.1) is 0 Å². The van der Waals surface area contributed by atoms with E-state index in [9.17, 15) is 4.79 Å². The molecule has 1 aliphatic carbocycles. The summed E-state index contributed by atoms with van der Waals surface area (Å²) < 4.78 is 0. The van der Waals surface area contributed by atoms with Crippen LogP contribution in [0.1, 0.15) is 12.8 Å². The Morgan fingerprint density at radius 1 is 1.40 bits per heavy atom. The Hall–Kier alpha value is -0.650. The quantitative estimate of drug-likeness (QED) is 0.535. The first-order valence-electron chi connectivity index (χ1n) is 5.64. The molecule has 0 bridgehead atoms. The number of piperazine rings is 1. The first-order valence-corrected chi connectivity index (χ1v) is 5.64. The first kappa shape index (κ1) is 10.9. The van der Waals surface area contributed by atoms with Gasteiger partial charge in [0, 0.05) is 32.2 Å². The number of nitrogens with zero attached hydrogens (tertiary/aromatic N) is 1. The minimum Gasteiger partial charge on any atom is -0.393 e. The van der Waals surface area contributed by atoms with Crippen molar-refractivity contribution in [3.63, 3.8) is 0 Å². The van der Waals surface area contributed by atoms with Gasteiger partial charge in [0.15, 0.2) is 0 Å². The maximum absolute atomic E-state index is 11.6. The van der Waals surface area contributed by atoms with Gasteiger partial charge >= 0.3 is 0 Å². The first-order chi connectivity index (χ1) is 7.24. The molecule has 0 atom stereocenters. The molecule has 3 N–H and O–H groups in total. The van der Waals surface area contributed by atoms with Crippen molar-refractivity contribution >= 4 is 5.91 Å². The predicted molar refractivity (Wildman–Crippen MR) is 56.5 cm³/mol. The van der Waals surface area contributed by atoms with Crippen LogP contribution in [0.25, 0.3) is 0 Å². The number of hydrogen-bond acceptors (Lipinski definition) is 4. The van der Waals surface area contributed by atoms with Gasteiger partial charge in [-0.05, 0) is 12.8 Å². The second-order valence-corrected chi connectivity index (χ2v) is 4.42. The number of aliphatic hydroxyl groups is 1. The molecule has 0 radical (unpaired) electrons. The van der Waals surface area contributed by atoms with Crippen molar-refractivity contribution in [3.05, 3.63) is 0 Å². The van der Waals surface area contributed by atoms with E-state index in [-0.39, 0.29) is 18.1 Å². The zero-order valence-corrected chi connectivity index (χ0v) is 8.91. The zero-order chi connectivity index (χ0) is 10.7. The monoisotopic (exact) mass is 213 g/mol. The Kier molecular flexibility index (Phi) is 3.56. The normalized spacial score (nSPS) is 32.1. The van der Waals surface area contributed by atoms with Gasteiger partial charge in [-0.25, -0.2) is 0 Å². The lowest BCUT2D eigenvalue weighted by Crippen LogP contribution is -2.52. The number of aliphatic hydroxyl groups excluding tert-OH is 1. The Labute approximate surface area is 89.8 Å². The van der Waals surface area contributed by atoms with Gasteiger partial charge in [0.25, 0.3) is 0 Å². The molecule has 1 saturated heterocycles. The molecular formula is C10H19N3O2. The SMILES string of the molecule is O=C(CN1CCNCC1)NC1CC(O)C1. The Morgan fingerprint density at radius 3 is 2.67 bits per heavy atom. The van der Waals surface area contributed by atoms with Crippen molar-refractivity contribution in [3.8, 4) is 0 Å². The summed E-state index contributed by atoms with van der Waals surface area (Å²) in [6.07, 6.45) is 1.23. The van der Waals surface area contributed by atoms with E-state index in [2.05, 4.69) is 15.5 Å². The van der Waals surface area contributed by atoms with Crippen molar-refractivity contribution in [1.29, 1.82) is 0 Å². The largest absolute Gasteiger partial charge is 0.393 e. The number of rotatable bonds is 3. The summed E-state index contributed by atoms with van der Waals surface area (Å²) in [4.78, 5) is 13.7. The molecule has 1 saturated carbocycles. The zero-order valence-electron chi connectivity index (χ0n) is 8.91. The summed E-state index contributed by atoms with van der Waals surface area (Å²) in [5.41, 5.74) is 0. The topological polar surface area (TPSA) is 64.6 Å². The molecule has 5 heteroatoms. The van der Waals surface area contributed by atoms with Crippen molar-refractivity contribution in [2.24, 2.45) is 0 Å². The smallest absolute Gasteiger partial charge is 0.234 e. The molecule has 1 amide bonds. The van der Waals surface area contributed by atoms with E-state index in [0.29, 0.717) is 19.4 Å². The van der Waals surface area contributed by atoms with Crippen LogP contribution in [-0.2, 0) is 4.79 Å². The average molecular weight is 213 g/mol. The molecule has 0 aromatic carbocycles. The Morgan fingerprint density at radius 2 is 2.07 bits per heavy atom. The van der Waals surface area contributed by atoms with Crippen LogP contribution in [0.15, 0.2) is 0 Å². The van der Waals surface area contributed by atoms with E-state index in [4.69, 9.17) is 5.11 Å². The van der Waals surface area contributed by atoms with Gasteiger partial charge < -0.3 is 15.7 Å². The lowest BCUT2D eigenvalue weighted by molar-refractivity contribution is -0.124. The second-order valence-electron chi connectivity index (χ2n) is 4.42. The molecule has 86 valence electrons. The molecule has 2 aliphatic rings. The maximum atomic E-state index is 11.6. The third-order valence-electron chi connectivity index (χ3n) is 3.06. The highest BCUT2D eigenvalue weighted by Crippen LogP contribution is 2.18. The van der Waals surface area contributed by atoms with Crippen LogP contribution in [0.3, 0.4) is 0 Å². The van der Waals surface area contributed by atoms with E-state index in [1.54, 1.807) is 0 Å². The van der Waals surface area contributed by atoms with Crippen molar-refractivity contribution in [2.45, 2.75) is 25.0 Å². The van der Waals surface area contributed by atoms with Crippen LogP contribution >= 0.6 is 0 Å². The fraction of sp³-hybridized carbons (Fsp3) is 0.900. The van der Waals surface area contributed by atoms with Crippen LogP contribution in [0.5, 0.6) is 0 Å².